The van der Waals surface area contributed by atoms with Crippen LogP contribution in [0.15, 0.2) is 12.1 Å². The van der Waals surface area contributed by atoms with Gasteiger partial charge in [-0.1, -0.05) is 0 Å². The summed E-state index contributed by atoms with van der Waals surface area (Å²) < 4.78 is 9.52. The van der Waals surface area contributed by atoms with Crippen molar-refractivity contribution in [3.63, 3.8) is 0 Å². The highest BCUT2D eigenvalue weighted by molar-refractivity contribution is 4.84. The van der Waals surface area contributed by atoms with Gasteiger partial charge in [0.15, 0.2) is 6.73 Å². The average Bonchev–Trinajstić information content (AvgIpc) is 2.14. The molecule has 0 unspecified atom stereocenters. The zero-order valence-electron chi connectivity index (χ0n) is 4.10. The average molecular weight is 101 g/mol. The molecule has 3 heteroatoms. The summed E-state index contributed by atoms with van der Waals surface area (Å²) in [5.74, 6) is 0.556. The maximum Gasteiger partial charge on any atom is 0.297 e. The zero-order valence-corrected chi connectivity index (χ0v) is 4.10. The molecule has 0 aromatic rings. The molecule has 0 fully saturated rings. The fourth-order valence-electron chi connectivity index (χ4n) is 0.397. The highest BCUT2D eigenvalue weighted by Crippen LogP contribution is 1.98. The van der Waals surface area contributed by atoms with Crippen LogP contribution in [0.5, 0.6) is 0 Å². The Kier molecular flexibility index (Phi) is 1.06. The van der Waals surface area contributed by atoms with E-state index in [1.165, 1.54) is 0 Å². The standard InChI is InChI=1S/C4H7NO2/c1-6-4-2-5-3-7-4/h2,5H,3H2,1H3. The Bertz CT molecular complexity index is 89.7. The Hall–Kier alpha value is -0.860. The molecule has 0 saturated heterocycles. The minimum Gasteiger partial charge on any atom is -0.468 e. The van der Waals surface area contributed by atoms with Crippen molar-refractivity contribution in [2.75, 3.05) is 13.8 Å². The number of rotatable bonds is 1. The fourth-order valence-corrected chi connectivity index (χ4v) is 0.397. The summed E-state index contributed by atoms with van der Waals surface area (Å²) >= 11 is 0. The van der Waals surface area contributed by atoms with Crippen molar-refractivity contribution < 1.29 is 9.47 Å². The summed E-state index contributed by atoms with van der Waals surface area (Å²) in [7, 11) is 1.57. The quantitative estimate of drug-likeness (QED) is 0.504. The first-order chi connectivity index (χ1) is 3.43. The molecule has 0 aliphatic carbocycles. The van der Waals surface area contributed by atoms with Crippen LogP contribution in [0.2, 0.25) is 0 Å². The molecule has 0 aromatic carbocycles. The molecule has 0 amide bonds. The van der Waals surface area contributed by atoms with Crippen molar-refractivity contribution in [3.8, 4) is 0 Å². The van der Waals surface area contributed by atoms with Gasteiger partial charge in [0.2, 0.25) is 0 Å². The molecule has 0 aromatic heterocycles. The lowest BCUT2D eigenvalue weighted by atomic mass is 10.9. The van der Waals surface area contributed by atoms with E-state index in [9.17, 15) is 0 Å². The van der Waals surface area contributed by atoms with Crippen LogP contribution in [0, 0.1) is 0 Å². The highest BCUT2D eigenvalue weighted by atomic mass is 16.7. The summed E-state index contributed by atoms with van der Waals surface area (Å²) in [5, 5.41) is 2.81. The molecule has 1 N–H and O–H groups in total. The number of hydrogen-bond acceptors (Lipinski definition) is 3. The van der Waals surface area contributed by atoms with Crippen molar-refractivity contribution in [1.82, 2.24) is 5.32 Å². The Morgan fingerprint density at radius 1 is 2.00 bits per heavy atom. The van der Waals surface area contributed by atoms with Gasteiger partial charge >= 0.3 is 0 Å². The third-order valence-electron chi connectivity index (χ3n) is 0.719. The van der Waals surface area contributed by atoms with Gasteiger partial charge in [0.1, 0.15) is 0 Å². The summed E-state index contributed by atoms with van der Waals surface area (Å²) in [5.41, 5.74) is 0. The van der Waals surface area contributed by atoms with Gasteiger partial charge in [0.25, 0.3) is 5.95 Å². The van der Waals surface area contributed by atoms with E-state index in [0.717, 1.165) is 0 Å². The molecule has 1 aliphatic heterocycles. The van der Waals surface area contributed by atoms with Crippen LogP contribution in [0.3, 0.4) is 0 Å². The van der Waals surface area contributed by atoms with Gasteiger partial charge in [0, 0.05) is 0 Å². The van der Waals surface area contributed by atoms with E-state index >= 15 is 0 Å². The highest BCUT2D eigenvalue weighted by Gasteiger charge is 2.00. The molecule has 1 heterocycles. The first kappa shape index (κ1) is 4.30. The van der Waals surface area contributed by atoms with Crippen molar-refractivity contribution >= 4 is 0 Å². The Labute approximate surface area is 41.9 Å². The first-order valence-corrected chi connectivity index (χ1v) is 2.04. The van der Waals surface area contributed by atoms with Crippen LogP contribution in [-0.4, -0.2) is 13.8 Å². The maximum atomic E-state index is 4.83. The van der Waals surface area contributed by atoms with E-state index in [4.69, 9.17) is 4.74 Å². The molecule has 0 radical (unpaired) electrons. The van der Waals surface area contributed by atoms with E-state index < -0.39 is 0 Å². The molecule has 7 heavy (non-hydrogen) atoms. The summed E-state index contributed by atoms with van der Waals surface area (Å²) in [6, 6.07) is 0. The third kappa shape index (κ3) is 0.765. The molecule has 1 rings (SSSR count). The van der Waals surface area contributed by atoms with Crippen molar-refractivity contribution in [2.24, 2.45) is 0 Å². The van der Waals surface area contributed by atoms with E-state index in [0.29, 0.717) is 12.7 Å². The lowest BCUT2D eigenvalue weighted by Crippen LogP contribution is -1.99. The lowest BCUT2D eigenvalue weighted by molar-refractivity contribution is 0.0799. The van der Waals surface area contributed by atoms with Gasteiger partial charge in [-0.05, 0) is 0 Å². The predicted octanol–water partition coefficient (Wildman–Crippen LogP) is 0.00900. The maximum absolute atomic E-state index is 4.83. The monoisotopic (exact) mass is 101 g/mol. The smallest absolute Gasteiger partial charge is 0.297 e. The van der Waals surface area contributed by atoms with Crippen LogP contribution < -0.4 is 5.32 Å². The molecule has 1 aliphatic rings. The van der Waals surface area contributed by atoms with Crippen LogP contribution in [-0.2, 0) is 9.47 Å². The molecular formula is C4H7NO2. The van der Waals surface area contributed by atoms with Crippen molar-refractivity contribution in [3.05, 3.63) is 12.1 Å². The van der Waals surface area contributed by atoms with E-state index in [1.54, 1.807) is 13.3 Å². The van der Waals surface area contributed by atoms with E-state index in [2.05, 4.69) is 10.1 Å². The SMILES string of the molecule is COC1=CNCO1. The minimum atomic E-state index is 0.531. The summed E-state index contributed by atoms with van der Waals surface area (Å²) in [6.45, 7) is 0.531. The lowest BCUT2D eigenvalue weighted by Gasteiger charge is -1.95. The Morgan fingerprint density at radius 2 is 2.86 bits per heavy atom. The van der Waals surface area contributed by atoms with E-state index in [-0.39, 0.29) is 0 Å². The molecule has 0 spiro atoms. The second kappa shape index (κ2) is 1.73. The minimum absolute atomic E-state index is 0.531. The second-order valence-corrected chi connectivity index (χ2v) is 1.16. The van der Waals surface area contributed by atoms with Crippen LogP contribution in [0.4, 0.5) is 0 Å². The topological polar surface area (TPSA) is 30.5 Å². The van der Waals surface area contributed by atoms with Gasteiger partial charge in [-0.2, -0.15) is 0 Å². The number of hydrogen-bond donors (Lipinski definition) is 1. The third-order valence-corrected chi connectivity index (χ3v) is 0.719. The molecule has 0 bridgehead atoms. The second-order valence-electron chi connectivity index (χ2n) is 1.16. The van der Waals surface area contributed by atoms with Gasteiger partial charge in [0.05, 0.1) is 13.3 Å². The summed E-state index contributed by atoms with van der Waals surface area (Å²) in [4.78, 5) is 0. The molecule has 40 valence electrons. The van der Waals surface area contributed by atoms with Crippen molar-refractivity contribution in [1.29, 1.82) is 0 Å². The molecule has 0 saturated carbocycles. The normalized spacial score (nSPS) is 17.0. The summed E-state index contributed by atoms with van der Waals surface area (Å²) in [6.07, 6.45) is 1.68. The number of ether oxygens (including phenoxy) is 2. The van der Waals surface area contributed by atoms with Crippen LogP contribution in [0.25, 0.3) is 0 Å². The molecule has 0 atom stereocenters. The van der Waals surface area contributed by atoms with Gasteiger partial charge in [-0.3, -0.25) is 0 Å². The largest absolute Gasteiger partial charge is 0.468 e. The predicted molar refractivity (Wildman–Crippen MR) is 24.2 cm³/mol. The number of methoxy groups -OCH3 is 1. The first-order valence-electron chi connectivity index (χ1n) is 2.04. The fraction of sp³-hybridized carbons (Fsp3) is 0.500. The molecule has 3 nitrogen and oxygen atoms in total. The Balaban J connectivity index is 2.36. The van der Waals surface area contributed by atoms with Crippen LogP contribution >= 0.6 is 0 Å². The Morgan fingerprint density at radius 3 is 3.14 bits per heavy atom. The zero-order chi connectivity index (χ0) is 5.11. The van der Waals surface area contributed by atoms with Gasteiger partial charge < -0.3 is 14.8 Å². The number of nitrogens with one attached hydrogen (secondary N) is 1. The van der Waals surface area contributed by atoms with Gasteiger partial charge in [-0.15, -0.1) is 0 Å². The van der Waals surface area contributed by atoms with Crippen molar-refractivity contribution in [2.45, 2.75) is 0 Å². The van der Waals surface area contributed by atoms with Crippen LogP contribution in [0.1, 0.15) is 0 Å². The molecular weight excluding hydrogens is 94.0 g/mol. The van der Waals surface area contributed by atoms with Gasteiger partial charge in [-0.25, -0.2) is 0 Å². The van der Waals surface area contributed by atoms with E-state index in [1.807, 2.05) is 0 Å².